The molecular formula is C27H31B2NO9. The first-order valence-electron chi connectivity index (χ1n) is 13.1. The monoisotopic (exact) mass is 535 g/mol. The molecule has 2 fully saturated rings. The molecule has 3 aliphatic rings. The number of carbonyl (C=O) groups excluding carboxylic acids is 2. The van der Waals surface area contributed by atoms with Gasteiger partial charge < -0.3 is 34.4 Å². The number of fused-ring (bicyclic) bond motifs is 3. The summed E-state index contributed by atoms with van der Waals surface area (Å²) < 4.78 is 11.4. The number of aliphatic hydroxyl groups is 2. The van der Waals surface area contributed by atoms with E-state index < -0.39 is 49.9 Å². The number of hydrogen-bond acceptors (Lipinski definition) is 9. The molecule has 1 aromatic heterocycles. The smallest absolute Gasteiger partial charge is 0.459 e. The number of hydrogen-bond donors (Lipinski definition) is 5. The number of carbonyl (C=O) groups is 2. The van der Waals surface area contributed by atoms with Crippen molar-refractivity contribution in [3.8, 4) is 0 Å². The summed E-state index contributed by atoms with van der Waals surface area (Å²) in [4.78, 5) is 28.3. The Labute approximate surface area is 226 Å². The second kappa shape index (κ2) is 11.2. The third-order valence-electron chi connectivity index (χ3n) is 7.95. The van der Waals surface area contributed by atoms with Crippen LogP contribution in [0.1, 0.15) is 37.7 Å². The lowest BCUT2D eigenvalue weighted by molar-refractivity contribution is -0.122. The summed E-state index contributed by atoms with van der Waals surface area (Å²) in [6.07, 6.45) is 2.73. The van der Waals surface area contributed by atoms with Gasteiger partial charge in [-0.1, -0.05) is 17.7 Å². The number of imide groups is 1. The van der Waals surface area contributed by atoms with Crippen molar-refractivity contribution in [2.45, 2.75) is 45.2 Å². The van der Waals surface area contributed by atoms with Crippen LogP contribution < -0.4 is 10.4 Å². The maximum atomic E-state index is 13.7. The van der Waals surface area contributed by atoms with Crippen LogP contribution in [0, 0.1) is 17.8 Å². The Morgan fingerprint density at radius 2 is 1.92 bits per heavy atom. The van der Waals surface area contributed by atoms with E-state index in [9.17, 15) is 34.9 Å². The van der Waals surface area contributed by atoms with E-state index in [1.807, 2.05) is 13.0 Å². The molecule has 2 aliphatic heterocycles. The van der Waals surface area contributed by atoms with Gasteiger partial charge in [-0.15, -0.1) is 0 Å². The summed E-state index contributed by atoms with van der Waals surface area (Å²) in [6.45, 7) is 1.46. The number of rotatable bonds is 8. The van der Waals surface area contributed by atoms with Gasteiger partial charge in [-0.25, -0.2) is 0 Å². The summed E-state index contributed by atoms with van der Waals surface area (Å²) in [5.74, 6) is -1.62. The van der Waals surface area contributed by atoms with E-state index in [2.05, 4.69) is 0 Å². The Morgan fingerprint density at radius 1 is 1.13 bits per heavy atom. The van der Waals surface area contributed by atoms with Crippen molar-refractivity contribution >= 4 is 43.3 Å². The molecule has 5 N–H and O–H groups in total. The molecule has 204 valence electrons. The number of aliphatic hydroxyl groups excluding tert-OH is 2. The highest BCUT2D eigenvalue weighted by Gasteiger charge is 2.57. The lowest BCUT2D eigenvalue weighted by Crippen LogP contribution is -2.46. The number of nitrogens with zero attached hydrogens (tertiary/aromatic N) is 1. The highest BCUT2D eigenvalue weighted by Crippen LogP contribution is 2.51. The van der Waals surface area contributed by atoms with Crippen LogP contribution in [-0.4, -0.2) is 64.0 Å². The molecule has 0 radical (unpaired) electrons. The molecule has 1 aromatic carbocycles. The molecule has 2 amide bonds. The molecule has 0 spiro atoms. The second-order valence-corrected chi connectivity index (χ2v) is 10.4. The fraction of sp³-hybridized carbons (Fsp3) is 0.407. The highest BCUT2D eigenvalue weighted by atomic mass is 16.5. The fourth-order valence-corrected chi connectivity index (χ4v) is 6.22. The number of allylic oxidation sites excluding steroid dienone is 1. The quantitative estimate of drug-likeness (QED) is 0.186. The SMILES string of the molecule is C/C(=C\c1ccc(CO)o1)CC[C@H]1OB(O)C[C@H]2C1=C(CO)C[C@H]1C(=O)N(c3cccc(B(O)O)c3)C(=O)[C@H]12. The molecule has 0 unspecified atom stereocenters. The van der Waals surface area contributed by atoms with E-state index in [-0.39, 0.29) is 37.1 Å². The van der Waals surface area contributed by atoms with Crippen molar-refractivity contribution in [2.24, 2.45) is 17.8 Å². The van der Waals surface area contributed by atoms with Crippen LogP contribution in [0.15, 0.2) is 57.5 Å². The average Bonchev–Trinajstić information content (AvgIpc) is 3.47. The topological polar surface area (TPSA) is 161 Å². The predicted octanol–water partition coefficient (Wildman–Crippen LogP) is 0.629. The van der Waals surface area contributed by atoms with Crippen LogP contribution in [0.5, 0.6) is 0 Å². The molecular weight excluding hydrogens is 504 g/mol. The predicted molar refractivity (Wildman–Crippen MR) is 143 cm³/mol. The first kappa shape index (κ1) is 27.6. The maximum absolute atomic E-state index is 13.7. The Morgan fingerprint density at radius 3 is 2.62 bits per heavy atom. The summed E-state index contributed by atoms with van der Waals surface area (Å²) in [5, 5.41) is 49.3. The standard InChI is InChI=1S/C27H31B2NO9/c1-15(9-19-6-7-20(14-32)38-19)5-8-23-24-16(13-31)10-21-25(22(24)12-28(35)39-23)27(34)30(26(21)33)18-4-2-3-17(11-18)29(36)37/h2-4,6-7,9,11,21-23,25,31-32,35-37H,5,8,10,12-14H2,1H3/b15-9+/t21-,22+,23-,25-/m1/s1. The molecule has 2 aromatic rings. The van der Waals surface area contributed by atoms with Gasteiger partial charge in [0.15, 0.2) is 0 Å². The number of anilines is 1. The van der Waals surface area contributed by atoms with Gasteiger partial charge in [0.1, 0.15) is 18.1 Å². The van der Waals surface area contributed by atoms with E-state index in [1.54, 1.807) is 24.3 Å². The molecule has 0 bridgehead atoms. The van der Waals surface area contributed by atoms with E-state index in [0.717, 1.165) is 16.0 Å². The van der Waals surface area contributed by atoms with Crippen molar-refractivity contribution in [3.63, 3.8) is 0 Å². The maximum Gasteiger partial charge on any atom is 0.488 e. The molecule has 39 heavy (non-hydrogen) atoms. The Balaban J connectivity index is 1.40. The van der Waals surface area contributed by atoms with Crippen molar-refractivity contribution in [3.05, 3.63) is 64.6 Å². The van der Waals surface area contributed by atoms with Crippen LogP contribution in [-0.2, 0) is 20.9 Å². The zero-order valence-corrected chi connectivity index (χ0v) is 21.6. The van der Waals surface area contributed by atoms with Gasteiger partial charge in [-0.2, -0.15) is 0 Å². The number of benzene rings is 1. The van der Waals surface area contributed by atoms with Crippen molar-refractivity contribution in [1.82, 2.24) is 0 Å². The minimum atomic E-state index is -1.75. The van der Waals surface area contributed by atoms with E-state index in [4.69, 9.17) is 9.07 Å². The summed E-state index contributed by atoms with van der Waals surface area (Å²) in [7, 11) is -2.88. The molecule has 0 saturated carbocycles. The number of amides is 2. The van der Waals surface area contributed by atoms with Gasteiger partial charge in [0.05, 0.1) is 30.2 Å². The van der Waals surface area contributed by atoms with Crippen LogP contribution >= 0.6 is 0 Å². The molecule has 4 atom stereocenters. The molecule has 12 heteroatoms. The third-order valence-corrected chi connectivity index (χ3v) is 7.95. The minimum absolute atomic E-state index is 0.129. The fourth-order valence-electron chi connectivity index (χ4n) is 6.22. The van der Waals surface area contributed by atoms with Crippen molar-refractivity contribution < 1.29 is 43.9 Å². The van der Waals surface area contributed by atoms with Crippen LogP contribution in [0.4, 0.5) is 5.69 Å². The largest absolute Gasteiger partial charge is 0.488 e. The Kier molecular flexibility index (Phi) is 7.95. The average molecular weight is 535 g/mol. The lowest BCUT2D eigenvalue weighted by Gasteiger charge is -2.42. The molecule has 5 rings (SSSR count). The highest BCUT2D eigenvalue weighted by molar-refractivity contribution is 6.58. The third kappa shape index (κ3) is 5.28. The minimum Gasteiger partial charge on any atom is -0.459 e. The van der Waals surface area contributed by atoms with Gasteiger partial charge in [0, 0.05) is 0 Å². The summed E-state index contributed by atoms with van der Waals surface area (Å²) in [5.41, 5.74) is 2.83. The summed E-state index contributed by atoms with van der Waals surface area (Å²) >= 11 is 0. The lowest BCUT2D eigenvalue weighted by atomic mass is 9.58. The van der Waals surface area contributed by atoms with Gasteiger partial charge in [-0.05, 0) is 85.4 Å². The van der Waals surface area contributed by atoms with E-state index in [0.29, 0.717) is 29.9 Å². The summed E-state index contributed by atoms with van der Waals surface area (Å²) in [6, 6.07) is 9.48. The zero-order chi connectivity index (χ0) is 27.8. The van der Waals surface area contributed by atoms with Gasteiger partial charge in [0.2, 0.25) is 11.8 Å². The van der Waals surface area contributed by atoms with Gasteiger partial charge in [0.25, 0.3) is 0 Å². The van der Waals surface area contributed by atoms with Crippen LogP contribution in [0.2, 0.25) is 6.32 Å². The first-order chi connectivity index (χ1) is 18.7. The van der Waals surface area contributed by atoms with E-state index in [1.165, 1.54) is 12.1 Å². The normalized spacial score (nSPS) is 25.3. The van der Waals surface area contributed by atoms with Crippen LogP contribution in [0.3, 0.4) is 0 Å². The van der Waals surface area contributed by atoms with Crippen LogP contribution in [0.25, 0.3) is 6.08 Å². The van der Waals surface area contributed by atoms with Crippen molar-refractivity contribution in [1.29, 1.82) is 0 Å². The van der Waals surface area contributed by atoms with Gasteiger partial charge >= 0.3 is 14.2 Å². The molecule has 3 heterocycles. The van der Waals surface area contributed by atoms with Crippen molar-refractivity contribution in [2.75, 3.05) is 11.5 Å². The van der Waals surface area contributed by atoms with Gasteiger partial charge in [-0.3, -0.25) is 14.5 Å². The first-order valence-corrected chi connectivity index (χ1v) is 13.1. The zero-order valence-electron chi connectivity index (χ0n) is 21.6. The molecule has 1 aliphatic carbocycles. The Bertz CT molecular complexity index is 1320. The Hall–Kier alpha value is -2.99. The van der Waals surface area contributed by atoms with E-state index >= 15 is 0 Å². The second-order valence-electron chi connectivity index (χ2n) is 10.4. The molecule has 10 nitrogen and oxygen atoms in total. The molecule has 2 saturated heterocycles. The number of furan rings is 1.